The Bertz CT molecular complexity index is 925. The molecule has 0 fully saturated rings. The number of aliphatic hydroxyl groups excluding tert-OH is 1. The molecule has 0 aliphatic carbocycles. The van der Waals surface area contributed by atoms with Gasteiger partial charge in [-0.25, -0.2) is 17.5 Å². The van der Waals surface area contributed by atoms with Gasteiger partial charge in [0.1, 0.15) is 12.8 Å². The fourth-order valence-corrected chi connectivity index (χ4v) is 2.99. The van der Waals surface area contributed by atoms with Crippen LogP contribution in [-0.2, 0) is 21.4 Å². The van der Waals surface area contributed by atoms with E-state index >= 15 is 0 Å². The van der Waals surface area contributed by atoms with E-state index in [4.69, 9.17) is 23.2 Å². The second kappa shape index (κ2) is 10.3. The van der Waals surface area contributed by atoms with Crippen LogP contribution in [0.3, 0.4) is 0 Å². The molecule has 0 saturated carbocycles. The van der Waals surface area contributed by atoms with E-state index < -0.39 is 39.6 Å². The van der Waals surface area contributed by atoms with E-state index in [0.29, 0.717) is 11.3 Å². The number of aliphatic hydroxyl groups is 1. The van der Waals surface area contributed by atoms with Crippen LogP contribution in [0.1, 0.15) is 17.4 Å². The highest BCUT2D eigenvalue weighted by Gasteiger charge is 2.25. The molecular formula is C18H20Cl2FN3O4S. The molecule has 0 spiro atoms. The van der Waals surface area contributed by atoms with Crippen molar-refractivity contribution in [3.05, 3.63) is 53.9 Å². The minimum absolute atomic E-state index is 0.0893. The van der Waals surface area contributed by atoms with Crippen LogP contribution in [0.15, 0.2) is 42.6 Å². The van der Waals surface area contributed by atoms with Crippen LogP contribution in [0, 0.1) is 0 Å². The largest absolute Gasteiger partial charge is 0.386 e. The number of pyridine rings is 1. The quantitative estimate of drug-likeness (QED) is 0.493. The smallest absolute Gasteiger partial charge is 0.253 e. The van der Waals surface area contributed by atoms with Crippen LogP contribution in [0.2, 0.25) is 0 Å². The molecule has 0 bridgehead atoms. The fourth-order valence-electron chi connectivity index (χ4n) is 2.46. The summed E-state index contributed by atoms with van der Waals surface area (Å²) in [4.78, 5) is 14.4. The summed E-state index contributed by atoms with van der Waals surface area (Å²) in [6.45, 7) is -0.909. The summed E-state index contributed by atoms with van der Waals surface area (Å²) in [6.07, 6.45) is 1.38. The number of benzene rings is 1. The molecule has 11 heteroatoms. The molecule has 1 heterocycles. The van der Waals surface area contributed by atoms with E-state index in [1.165, 1.54) is 0 Å². The first-order chi connectivity index (χ1) is 13.6. The highest BCUT2D eigenvalue weighted by atomic mass is 35.5. The maximum atomic E-state index is 13.2. The third-order valence-electron chi connectivity index (χ3n) is 4.00. The minimum atomic E-state index is -3.30. The first-order valence-corrected chi connectivity index (χ1v) is 11.2. The van der Waals surface area contributed by atoms with Crippen molar-refractivity contribution in [1.82, 2.24) is 15.0 Å². The number of nitrogens with one attached hydrogen (secondary N) is 2. The zero-order chi connectivity index (χ0) is 21.6. The molecule has 0 aliphatic rings. The molecular weight excluding hydrogens is 444 g/mol. The van der Waals surface area contributed by atoms with Gasteiger partial charge in [-0.1, -0.05) is 53.5 Å². The molecule has 29 heavy (non-hydrogen) atoms. The van der Waals surface area contributed by atoms with Crippen molar-refractivity contribution >= 4 is 39.1 Å². The van der Waals surface area contributed by atoms with Crippen molar-refractivity contribution in [2.45, 2.75) is 23.5 Å². The highest BCUT2D eigenvalue weighted by Crippen LogP contribution is 2.24. The Balaban J connectivity index is 2.08. The van der Waals surface area contributed by atoms with Gasteiger partial charge in [-0.3, -0.25) is 9.78 Å². The first-order valence-electron chi connectivity index (χ1n) is 8.43. The molecule has 0 aliphatic heterocycles. The number of amides is 1. The molecule has 0 saturated heterocycles. The second-order valence-electron chi connectivity index (χ2n) is 6.27. The van der Waals surface area contributed by atoms with Crippen molar-refractivity contribution in [2.75, 3.05) is 12.9 Å². The number of alkyl halides is 3. The Morgan fingerprint density at radius 2 is 1.79 bits per heavy atom. The molecule has 1 amide bonds. The van der Waals surface area contributed by atoms with E-state index in [9.17, 15) is 22.7 Å². The molecule has 1 aromatic heterocycles. The number of aromatic nitrogens is 1. The Labute approximate surface area is 178 Å². The van der Waals surface area contributed by atoms with Crippen molar-refractivity contribution in [3.8, 4) is 11.1 Å². The van der Waals surface area contributed by atoms with E-state index in [1.54, 1.807) is 42.6 Å². The molecule has 3 N–H and O–H groups in total. The van der Waals surface area contributed by atoms with Gasteiger partial charge in [0.15, 0.2) is 4.84 Å². The SMILES string of the molecule is CS(=O)(=O)NCc1ccc(-c2ccc([C@H](O)[C@@H](CF)NC(=O)C(Cl)Cl)cc2)cn1. The predicted molar refractivity (Wildman–Crippen MR) is 110 cm³/mol. The summed E-state index contributed by atoms with van der Waals surface area (Å²) in [5.74, 6) is -0.789. The number of carbonyl (C=O) groups excluding carboxylic acids is 1. The summed E-state index contributed by atoms with van der Waals surface area (Å²) in [5.41, 5.74) is 2.53. The average Bonchev–Trinajstić information content (AvgIpc) is 2.69. The van der Waals surface area contributed by atoms with Gasteiger partial charge < -0.3 is 10.4 Å². The van der Waals surface area contributed by atoms with Crippen molar-refractivity contribution in [1.29, 1.82) is 0 Å². The zero-order valence-corrected chi connectivity index (χ0v) is 17.7. The van der Waals surface area contributed by atoms with Gasteiger partial charge >= 0.3 is 0 Å². The lowest BCUT2D eigenvalue weighted by atomic mass is 9.99. The monoisotopic (exact) mass is 463 g/mol. The number of sulfonamides is 1. The summed E-state index contributed by atoms with van der Waals surface area (Å²) in [6, 6.07) is 8.93. The Morgan fingerprint density at radius 1 is 1.17 bits per heavy atom. The van der Waals surface area contributed by atoms with E-state index in [0.717, 1.165) is 17.4 Å². The van der Waals surface area contributed by atoms with Crippen molar-refractivity contribution < 1.29 is 22.7 Å². The van der Waals surface area contributed by atoms with Gasteiger partial charge in [0.2, 0.25) is 10.0 Å². The average molecular weight is 464 g/mol. The lowest BCUT2D eigenvalue weighted by Gasteiger charge is -2.22. The highest BCUT2D eigenvalue weighted by molar-refractivity contribution is 7.88. The van der Waals surface area contributed by atoms with Gasteiger partial charge in [0.25, 0.3) is 5.91 Å². The van der Waals surface area contributed by atoms with Crippen LogP contribution in [0.5, 0.6) is 0 Å². The van der Waals surface area contributed by atoms with Crippen molar-refractivity contribution in [2.24, 2.45) is 0 Å². The van der Waals surface area contributed by atoms with Crippen LogP contribution >= 0.6 is 23.2 Å². The molecule has 158 valence electrons. The van der Waals surface area contributed by atoms with Gasteiger partial charge in [-0.15, -0.1) is 0 Å². The minimum Gasteiger partial charge on any atom is -0.386 e. The van der Waals surface area contributed by atoms with Gasteiger partial charge in [0.05, 0.1) is 24.5 Å². The van der Waals surface area contributed by atoms with Crippen LogP contribution in [0.4, 0.5) is 4.39 Å². The standard InChI is InChI=1S/C18H20Cl2FN3O4S/c1-29(27,28)23-10-14-7-6-13(9-22-14)11-2-4-12(5-3-11)16(25)15(8-21)24-18(26)17(19)20/h2-7,9,15-17,23,25H,8,10H2,1H3,(H,24,26)/t15-,16+/m1/s1. The fraction of sp³-hybridized carbons (Fsp3) is 0.333. The van der Waals surface area contributed by atoms with Gasteiger partial charge in [0, 0.05) is 11.8 Å². The first kappa shape index (κ1) is 23.5. The normalized spacial score (nSPS) is 13.9. The Hall–Kier alpha value is -1.78. The van der Waals surface area contributed by atoms with Crippen LogP contribution in [-0.4, -0.2) is 48.2 Å². The van der Waals surface area contributed by atoms with Gasteiger partial charge in [-0.05, 0) is 17.2 Å². The Morgan fingerprint density at radius 3 is 2.28 bits per heavy atom. The molecule has 2 rings (SSSR count). The number of halogens is 3. The topological polar surface area (TPSA) is 108 Å². The van der Waals surface area contributed by atoms with E-state index in [2.05, 4.69) is 15.0 Å². The Kier molecular flexibility index (Phi) is 8.35. The number of nitrogens with zero attached hydrogens (tertiary/aromatic N) is 1. The molecule has 1 aromatic carbocycles. The summed E-state index contributed by atoms with van der Waals surface area (Å²) in [5, 5.41) is 12.6. The molecule has 0 radical (unpaired) electrons. The van der Waals surface area contributed by atoms with Crippen LogP contribution < -0.4 is 10.0 Å². The van der Waals surface area contributed by atoms with Crippen LogP contribution in [0.25, 0.3) is 11.1 Å². The van der Waals surface area contributed by atoms with Gasteiger partial charge in [-0.2, -0.15) is 0 Å². The number of carbonyl (C=O) groups is 1. The molecule has 0 unspecified atom stereocenters. The number of rotatable bonds is 9. The summed E-state index contributed by atoms with van der Waals surface area (Å²) < 4.78 is 37.8. The predicted octanol–water partition coefficient (Wildman–Crippen LogP) is 2.09. The summed E-state index contributed by atoms with van der Waals surface area (Å²) >= 11 is 10.9. The maximum Gasteiger partial charge on any atom is 0.253 e. The number of hydrogen-bond donors (Lipinski definition) is 3. The molecule has 7 nitrogen and oxygen atoms in total. The zero-order valence-electron chi connectivity index (χ0n) is 15.3. The maximum absolute atomic E-state index is 13.2. The molecule has 2 aromatic rings. The summed E-state index contributed by atoms with van der Waals surface area (Å²) in [7, 11) is -3.30. The third kappa shape index (κ3) is 7.20. The second-order valence-corrected chi connectivity index (χ2v) is 9.20. The van der Waals surface area contributed by atoms with Crippen molar-refractivity contribution in [3.63, 3.8) is 0 Å². The lowest BCUT2D eigenvalue weighted by molar-refractivity contribution is -0.121. The van der Waals surface area contributed by atoms with E-state index in [1.807, 2.05) is 0 Å². The molecule has 2 atom stereocenters. The van der Waals surface area contributed by atoms with E-state index in [-0.39, 0.29) is 6.54 Å². The number of hydrogen-bond acceptors (Lipinski definition) is 5. The third-order valence-corrected chi connectivity index (χ3v) is 5.06. The lowest BCUT2D eigenvalue weighted by Crippen LogP contribution is -2.43.